The first-order chi connectivity index (χ1) is 15.3. The van der Waals surface area contributed by atoms with Gasteiger partial charge in [-0.3, -0.25) is 41.4 Å². The van der Waals surface area contributed by atoms with Crippen LogP contribution >= 0.6 is 23.2 Å². The van der Waals surface area contributed by atoms with Crippen LogP contribution in [-0.4, -0.2) is 33.3 Å². The van der Waals surface area contributed by atoms with Crippen molar-refractivity contribution >= 4 is 52.3 Å². The average molecular weight is 482 g/mol. The van der Waals surface area contributed by atoms with Crippen LogP contribution in [0.15, 0.2) is 47.3 Å². The molecule has 0 radical (unpaired) electrons. The second kappa shape index (κ2) is 10.3. The van der Waals surface area contributed by atoms with Crippen molar-refractivity contribution in [3.63, 3.8) is 0 Å². The predicted molar refractivity (Wildman–Crippen MR) is 112 cm³/mol. The topological polar surface area (TPSA) is 174 Å². The van der Waals surface area contributed by atoms with Crippen molar-refractivity contribution in [2.24, 2.45) is 0 Å². The van der Waals surface area contributed by atoms with Gasteiger partial charge in [-0.25, -0.2) is 9.97 Å². The quantitative estimate of drug-likeness (QED) is 0.262. The summed E-state index contributed by atoms with van der Waals surface area (Å²) in [5.74, 6) is -1.88. The number of aromatic nitrogens is 2. The van der Waals surface area contributed by atoms with Gasteiger partial charge in [0.25, 0.3) is 5.91 Å². The minimum absolute atomic E-state index is 0.0272. The summed E-state index contributed by atoms with van der Waals surface area (Å²) in [6.07, 6.45) is 2.27. The fourth-order valence-electron chi connectivity index (χ4n) is 2.22. The fraction of sp³-hybridized carbons (Fsp3) is 0.0588. The van der Waals surface area contributed by atoms with Crippen LogP contribution in [0.25, 0.3) is 0 Å². The third-order valence-electron chi connectivity index (χ3n) is 3.62. The molecule has 3 rings (SSSR count). The van der Waals surface area contributed by atoms with E-state index in [0.717, 1.165) is 6.33 Å². The van der Waals surface area contributed by atoms with Gasteiger partial charge in [0.05, 0.1) is 16.2 Å². The highest BCUT2D eigenvalue weighted by atomic mass is 35.5. The molecule has 2 aromatic heterocycles. The number of carbonyl (C=O) groups excluding carboxylic acids is 2. The zero-order valence-electron chi connectivity index (χ0n) is 15.8. The smallest absolute Gasteiger partial charge is 0.356 e. The van der Waals surface area contributed by atoms with Gasteiger partial charge in [-0.2, -0.15) is 0 Å². The third kappa shape index (κ3) is 5.74. The largest absolute Gasteiger partial charge is 0.482 e. The number of nitrogens with one attached hydrogen (secondary N) is 4. The number of benzene rings is 1. The van der Waals surface area contributed by atoms with Gasteiger partial charge in [0.15, 0.2) is 12.4 Å². The van der Waals surface area contributed by atoms with Crippen LogP contribution in [0.1, 0.15) is 10.6 Å². The van der Waals surface area contributed by atoms with Crippen molar-refractivity contribution in [3.05, 3.63) is 68.8 Å². The van der Waals surface area contributed by atoms with Gasteiger partial charge < -0.3 is 9.15 Å². The molecule has 3 aromatic rings. The molecule has 32 heavy (non-hydrogen) atoms. The van der Waals surface area contributed by atoms with Gasteiger partial charge in [-0.1, -0.05) is 23.2 Å². The number of hydrogen-bond donors (Lipinski definition) is 4. The van der Waals surface area contributed by atoms with Crippen molar-refractivity contribution in [3.8, 4) is 5.75 Å². The normalized spacial score (nSPS) is 10.2. The first kappa shape index (κ1) is 22.6. The van der Waals surface area contributed by atoms with Crippen molar-refractivity contribution in [2.75, 3.05) is 17.5 Å². The summed E-state index contributed by atoms with van der Waals surface area (Å²) in [4.78, 5) is 42.1. The number of hydrazine groups is 2. The number of nitro groups is 1. The highest BCUT2D eigenvalue weighted by Crippen LogP contribution is 2.28. The molecule has 0 bridgehead atoms. The molecule has 166 valence electrons. The summed E-state index contributed by atoms with van der Waals surface area (Å²) < 4.78 is 10.2. The number of amides is 2. The summed E-state index contributed by atoms with van der Waals surface area (Å²) >= 11 is 11.7. The van der Waals surface area contributed by atoms with Crippen LogP contribution in [0.5, 0.6) is 5.75 Å². The van der Waals surface area contributed by atoms with E-state index in [-0.39, 0.29) is 28.2 Å². The lowest BCUT2D eigenvalue weighted by Gasteiger charge is -2.12. The number of rotatable bonds is 9. The molecule has 0 saturated heterocycles. The molecule has 0 fully saturated rings. The maximum Gasteiger partial charge on any atom is 0.356 e. The molecule has 13 nitrogen and oxygen atoms in total. The van der Waals surface area contributed by atoms with Crippen molar-refractivity contribution < 1.29 is 23.7 Å². The minimum atomic E-state index is -0.806. The van der Waals surface area contributed by atoms with Gasteiger partial charge in [0.1, 0.15) is 12.1 Å². The van der Waals surface area contributed by atoms with Crippen LogP contribution in [-0.2, 0) is 4.79 Å². The average Bonchev–Trinajstić information content (AvgIpc) is 3.30. The van der Waals surface area contributed by atoms with E-state index in [1.165, 1.54) is 36.6 Å². The molecule has 15 heteroatoms. The molecule has 0 spiro atoms. The Labute approximate surface area is 189 Å². The number of anilines is 2. The zero-order chi connectivity index (χ0) is 23.1. The Balaban J connectivity index is 1.61. The van der Waals surface area contributed by atoms with Gasteiger partial charge in [-0.05, 0) is 30.3 Å². The fourth-order valence-corrected chi connectivity index (χ4v) is 2.68. The molecule has 0 aliphatic heterocycles. The van der Waals surface area contributed by atoms with E-state index in [2.05, 4.69) is 31.7 Å². The number of halogens is 2. The standard InChI is InChI=1S/C17H13Cl2N7O6/c18-9-3-4-11(10(19)6-9)32-7-13(27)22-23-15-14(26(29)30)16(21-8-20-15)24-25-17(28)12-2-1-5-31-12/h1-6,8H,7H2,(H,22,27)(H,25,28)(H2,20,21,23,24). The molecular formula is C17H13Cl2N7O6. The first-order valence-electron chi connectivity index (χ1n) is 8.57. The zero-order valence-corrected chi connectivity index (χ0v) is 17.3. The monoisotopic (exact) mass is 481 g/mol. The van der Waals surface area contributed by atoms with Crippen LogP contribution < -0.4 is 26.4 Å². The van der Waals surface area contributed by atoms with Gasteiger partial charge >= 0.3 is 11.6 Å². The Bertz CT molecular complexity index is 1140. The lowest BCUT2D eigenvalue weighted by Crippen LogP contribution is -2.34. The maximum atomic E-state index is 12.0. The second-order valence-electron chi connectivity index (χ2n) is 5.77. The molecule has 0 saturated carbocycles. The Morgan fingerprint density at radius 2 is 1.84 bits per heavy atom. The van der Waals surface area contributed by atoms with E-state index in [1.54, 1.807) is 0 Å². The Morgan fingerprint density at radius 3 is 2.47 bits per heavy atom. The predicted octanol–water partition coefficient (Wildman–Crippen LogP) is 2.56. The number of furan rings is 1. The highest BCUT2D eigenvalue weighted by Gasteiger charge is 2.24. The molecule has 0 aliphatic rings. The van der Waals surface area contributed by atoms with Gasteiger partial charge in [0.2, 0.25) is 11.6 Å². The van der Waals surface area contributed by atoms with E-state index < -0.39 is 29.0 Å². The minimum Gasteiger partial charge on any atom is -0.482 e. The second-order valence-corrected chi connectivity index (χ2v) is 6.61. The van der Waals surface area contributed by atoms with Gasteiger partial charge in [-0.15, -0.1) is 0 Å². The van der Waals surface area contributed by atoms with Crippen molar-refractivity contribution in [1.29, 1.82) is 0 Å². The lowest BCUT2D eigenvalue weighted by atomic mass is 10.3. The summed E-state index contributed by atoms with van der Waals surface area (Å²) in [6, 6.07) is 7.35. The maximum absolute atomic E-state index is 12.0. The Morgan fingerprint density at radius 1 is 1.12 bits per heavy atom. The van der Waals surface area contributed by atoms with Gasteiger partial charge in [0, 0.05) is 5.02 Å². The van der Waals surface area contributed by atoms with E-state index in [4.69, 9.17) is 32.4 Å². The third-order valence-corrected chi connectivity index (χ3v) is 4.15. The van der Waals surface area contributed by atoms with Crippen molar-refractivity contribution in [1.82, 2.24) is 20.8 Å². The molecule has 1 aromatic carbocycles. The van der Waals surface area contributed by atoms with E-state index in [0.29, 0.717) is 5.02 Å². The first-order valence-corrected chi connectivity index (χ1v) is 9.32. The Kier molecular flexibility index (Phi) is 7.25. The molecular weight excluding hydrogens is 469 g/mol. The van der Waals surface area contributed by atoms with Crippen LogP contribution in [0, 0.1) is 10.1 Å². The Hall–Kier alpha value is -4.10. The summed E-state index contributed by atoms with van der Waals surface area (Å²) in [5.41, 5.74) is 8.38. The molecule has 4 N–H and O–H groups in total. The van der Waals surface area contributed by atoms with Crippen molar-refractivity contribution in [2.45, 2.75) is 0 Å². The van der Waals surface area contributed by atoms with Crippen LogP contribution in [0.4, 0.5) is 17.3 Å². The lowest BCUT2D eigenvalue weighted by molar-refractivity contribution is -0.383. The van der Waals surface area contributed by atoms with E-state index in [9.17, 15) is 19.7 Å². The summed E-state index contributed by atoms with van der Waals surface area (Å²) in [5, 5.41) is 12.1. The van der Waals surface area contributed by atoms with E-state index >= 15 is 0 Å². The molecule has 0 aliphatic carbocycles. The molecule has 2 amide bonds. The number of ether oxygens (including phenoxy) is 1. The number of hydrogen-bond acceptors (Lipinski definition) is 10. The van der Waals surface area contributed by atoms with Crippen LogP contribution in [0.3, 0.4) is 0 Å². The SMILES string of the molecule is O=C(COc1ccc(Cl)cc1Cl)NNc1ncnc(NNC(=O)c2ccco2)c1[N+](=O)[O-]. The highest BCUT2D eigenvalue weighted by molar-refractivity contribution is 6.35. The molecule has 2 heterocycles. The number of carbonyl (C=O) groups is 2. The van der Waals surface area contributed by atoms with Crippen LogP contribution in [0.2, 0.25) is 10.0 Å². The molecule has 0 atom stereocenters. The number of nitrogens with zero attached hydrogens (tertiary/aromatic N) is 3. The summed E-state index contributed by atoms with van der Waals surface area (Å²) in [7, 11) is 0. The summed E-state index contributed by atoms with van der Waals surface area (Å²) in [6.45, 7) is -0.461. The van der Waals surface area contributed by atoms with E-state index in [1.807, 2.05) is 0 Å². The molecule has 0 unspecified atom stereocenters.